The molecular formula is C21H31IN2O5. The van der Waals surface area contributed by atoms with Crippen molar-refractivity contribution >= 4 is 40.6 Å². The van der Waals surface area contributed by atoms with Crippen molar-refractivity contribution in [1.29, 1.82) is 0 Å². The van der Waals surface area contributed by atoms with E-state index in [1.54, 1.807) is 48.7 Å². The van der Waals surface area contributed by atoms with Crippen LogP contribution in [0.5, 0.6) is 0 Å². The minimum Gasteiger partial charge on any atom is -0.450 e. The van der Waals surface area contributed by atoms with Crippen LogP contribution in [0.3, 0.4) is 0 Å². The molecule has 1 aromatic rings. The van der Waals surface area contributed by atoms with Gasteiger partial charge in [-0.1, -0.05) is 26.0 Å². The molecule has 0 saturated heterocycles. The molecule has 1 aromatic carbocycles. The van der Waals surface area contributed by atoms with Crippen LogP contribution in [0.25, 0.3) is 0 Å². The lowest BCUT2D eigenvalue weighted by molar-refractivity contribution is -0.163. The Kier molecular flexibility index (Phi) is 9.38. The summed E-state index contributed by atoms with van der Waals surface area (Å²) in [6.45, 7) is 8.82. The number of esters is 1. The van der Waals surface area contributed by atoms with E-state index in [2.05, 4.69) is 27.9 Å². The van der Waals surface area contributed by atoms with E-state index in [1.165, 1.54) is 4.90 Å². The SMILES string of the molecule is CC(C)C(OC(=O)[C@H](Cc1cccc(I)c1)NC(=O)OC(C)(C)C)C(=O)N(C)C. The molecule has 2 amide bonds. The number of rotatable bonds is 7. The lowest BCUT2D eigenvalue weighted by Gasteiger charge is -2.27. The molecule has 1 unspecified atom stereocenters. The number of ether oxygens (including phenoxy) is 2. The fourth-order valence-corrected chi connectivity index (χ4v) is 3.08. The molecule has 1 rings (SSSR count). The second-order valence-electron chi connectivity index (χ2n) is 8.37. The van der Waals surface area contributed by atoms with Crippen LogP contribution in [0.15, 0.2) is 24.3 Å². The fourth-order valence-electron chi connectivity index (χ4n) is 2.48. The molecule has 0 aliphatic rings. The number of carbonyl (C=O) groups excluding carboxylic acids is 3. The molecule has 0 bridgehead atoms. The number of likely N-dealkylation sites (N-methyl/N-ethyl adjacent to an activating group) is 1. The van der Waals surface area contributed by atoms with Crippen molar-refractivity contribution in [3.63, 3.8) is 0 Å². The summed E-state index contributed by atoms with van der Waals surface area (Å²) in [5, 5.41) is 2.59. The number of benzene rings is 1. The highest BCUT2D eigenvalue weighted by Gasteiger charge is 2.32. The molecule has 0 saturated carbocycles. The number of hydrogen-bond donors (Lipinski definition) is 1. The zero-order valence-corrected chi connectivity index (χ0v) is 20.3. The largest absolute Gasteiger partial charge is 0.450 e. The molecule has 0 aliphatic carbocycles. The number of alkyl carbamates (subject to hydrolysis) is 1. The summed E-state index contributed by atoms with van der Waals surface area (Å²) in [6, 6.07) is 6.61. The highest BCUT2D eigenvalue weighted by molar-refractivity contribution is 14.1. The van der Waals surface area contributed by atoms with Gasteiger partial charge in [0.05, 0.1) is 0 Å². The van der Waals surface area contributed by atoms with Gasteiger partial charge in [0, 0.05) is 24.1 Å². The molecule has 0 spiro atoms. The van der Waals surface area contributed by atoms with Crippen LogP contribution in [0.1, 0.15) is 40.2 Å². The summed E-state index contributed by atoms with van der Waals surface area (Å²) < 4.78 is 11.8. The Hall–Kier alpha value is -1.84. The Morgan fingerprint density at radius 2 is 1.79 bits per heavy atom. The third-order valence-electron chi connectivity index (χ3n) is 3.84. The maximum atomic E-state index is 12.9. The minimum atomic E-state index is -0.987. The van der Waals surface area contributed by atoms with Gasteiger partial charge in [-0.15, -0.1) is 0 Å². The molecule has 0 aliphatic heterocycles. The van der Waals surface area contributed by atoms with Crippen molar-refractivity contribution in [3.05, 3.63) is 33.4 Å². The van der Waals surface area contributed by atoms with Gasteiger partial charge in [0.2, 0.25) is 0 Å². The predicted molar refractivity (Wildman–Crippen MR) is 119 cm³/mol. The van der Waals surface area contributed by atoms with Gasteiger partial charge in [0.1, 0.15) is 11.6 Å². The van der Waals surface area contributed by atoms with Crippen molar-refractivity contribution in [3.8, 4) is 0 Å². The highest BCUT2D eigenvalue weighted by Crippen LogP contribution is 2.15. The molecule has 162 valence electrons. The second-order valence-corrected chi connectivity index (χ2v) is 9.61. The first-order valence-electron chi connectivity index (χ1n) is 9.45. The maximum absolute atomic E-state index is 12.9. The average Bonchev–Trinajstić information content (AvgIpc) is 2.56. The number of amides is 2. The lowest BCUT2D eigenvalue weighted by Crippen LogP contribution is -2.49. The normalized spacial score (nSPS) is 13.4. The van der Waals surface area contributed by atoms with Crippen molar-refractivity contribution in [2.75, 3.05) is 14.1 Å². The van der Waals surface area contributed by atoms with Crippen LogP contribution in [-0.2, 0) is 25.5 Å². The van der Waals surface area contributed by atoms with Crippen LogP contribution in [-0.4, -0.2) is 54.7 Å². The van der Waals surface area contributed by atoms with E-state index in [-0.39, 0.29) is 18.2 Å². The highest BCUT2D eigenvalue weighted by atomic mass is 127. The summed E-state index contributed by atoms with van der Waals surface area (Å²) in [7, 11) is 3.21. The van der Waals surface area contributed by atoms with E-state index in [1.807, 2.05) is 24.3 Å². The Bertz CT molecular complexity index is 728. The average molecular weight is 518 g/mol. The Morgan fingerprint density at radius 3 is 2.28 bits per heavy atom. The van der Waals surface area contributed by atoms with E-state index < -0.39 is 29.8 Å². The van der Waals surface area contributed by atoms with Crippen LogP contribution in [0.2, 0.25) is 0 Å². The molecular weight excluding hydrogens is 487 g/mol. The molecule has 0 radical (unpaired) electrons. The Labute approximate surface area is 186 Å². The maximum Gasteiger partial charge on any atom is 0.408 e. The van der Waals surface area contributed by atoms with Gasteiger partial charge in [-0.3, -0.25) is 4.79 Å². The van der Waals surface area contributed by atoms with Crippen molar-refractivity contribution in [2.45, 2.75) is 58.8 Å². The molecule has 1 N–H and O–H groups in total. The van der Waals surface area contributed by atoms with E-state index >= 15 is 0 Å². The number of nitrogens with zero attached hydrogens (tertiary/aromatic N) is 1. The molecule has 7 nitrogen and oxygen atoms in total. The van der Waals surface area contributed by atoms with Crippen molar-refractivity contribution in [1.82, 2.24) is 10.2 Å². The van der Waals surface area contributed by atoms with Gasteiger partial charge in [0.25, 0.3) is 5.91 Å². The fraction of sp³-hybridized carbons (Fsp3) is 0.571. The topological polar surface area (TPSA) is 84.9 Å². The summed E-state index contributed by atoms with van der Waals surface area (Å²) in [6.07, 6.45) is -1.43. The quantitative estimate of drug-likeness (QED) is 0.442. The van der Waals surface area contributed by atoms with Crippen LogP contribution in [0.4, 0.5) is 4.79 Å². The van der Waals surface area contributed by atoms with E-state index in [4.69, 9.17) is 9.47 Å². The lowest BCUT2D eigenvalue weighted by atomic mass is 10.0. The standard InChI is InChI=1S/C21H31IN2O5/c1-13(2)17(18(25)24(6)7)28-19(26)16(23-20(27)29-21(3,4)5)12-14-9-8-10-15(22)11-14/h8-11,13,16-17H,12H2,1-7H3,(H,23,27)/t16-,17?/m0/s1. The molecule has 8 heteroatoms. The Morgan fingerprint density at radius 1 is 1.17 bits per heavy atom. The van der Waals surface area contributed by atoms with Gasteiger partial charge >= 0.3 is 12.1 Å². The first-order chi connectivity index (χ1) is 13.3. The first kappa shape index (κ1) is 25.2. The van der Waals surface area contributed by atoms with E-state index in [0.717, 1.165) is 9.13 Å². The van der Waals surface area contributed by atoms with E-state index in [0.29, 0.717) is 0 Å². The number of hydrogen-bond acceptors (Lipinski definition) is 5. The van der Waals surface area contributed by atoms with Gasteiger partial charge in [-0.2, -0.15) is 0 Å². The summed E-state index contributed by atoms with van der Waals surface area (Å²) in [4.78, 5) is 39.0. The van der Waals surface area contributed by atoms with Crippen molar-refractivity contribution in [2.24, 2.45) is 5.92 Å². The molecule has 29 heavy (non-hydrogen) atoms. The molecule has 0 fully saturated rings. The zero-order valence-electron chi connectivity index (χ0n) is 18.1. The minimum absolute atomic E-state index is 0.214. The monoisotopic (exact) mass is 518 g/mol. The first-order valence-corrected chi connectivity index (χ1v) is 10.5. The zero-order chi connectivity index (χ0) is 22.4. The second kappa shape index (κ2) is 10.8. The van der Waals surface area contributed by atoms with Crippen LogP contribution < -0.4 is 5.32 Å². The third kappa shape index (κ3) is 9.01. The Balaban J connectivity index is 3.05. The number of halogens is 1. The third-order valence-corrected chi connectivity index (χ3v) is 4.51. The molecule has 0 heterocycles. The molecule has 0 aromatic heterocycles. The van der Waals surface area contributed by atoms with Crippen LogP contribution in [0, 0.1) is 9.49 Å². The smallest absolute Gasteiger partial charge is 0.408 e. The summed E-state index contributed by atoms with van der Waals surface area (Å²) in [5.74, 6) is -1.20. The number of carbonyl (C=O) groups is 3. The van der Waals surface area contributed by atoms with Gasteiger partial charge in [-0.05, 0) is 67.0 Å². The molecule has 2 atom stereocenters. The van der Waals surface area contributed by atoms with Crippen LogP contribution >= 0.6 is 22.6 Å². The summed E-state index contributed by atoms with van der Waals surface area (Å²) in [5.41, 5.74) is 0.150. The van der Waals surface area contributed by atoms with E-state index in [9.17, 15) is 14.4 Å². The number of nitrogens with one attached hydrogen (secondary N) is 1. The summed E-state index contributed by atoms with van der Waals surface area (Å²) >= 11 is 2.18. The van der Waals surface area contributed by atoms with Crippen molar-refractivity contribution < 1.29 is 23.9 Å². The van der Waals surface area contributed by atoms with Gasteiger partial charge in [-0.25, -0.2) is 9.59 Å². The predicted octanol–water partition coefficient (Wildman–Crippen LogP) is 3.38. The van der Waals surface area contributed by atoms with Gasteiger partial charge < -0.3 is 19.7 Å². The van der Waals surface area contributed by atoms with Gasteiger partial charge in [0.15, 0.2) is 6.10 Å².